The largest absolute Gasteiger partial charge is 0.465 e. The Morgan fingerprint density at radius 2 is 1.69 bits per heavy atom. The van der Waals surface area contributed by atoms with Crippen molar-refractivity contribution >= 4 is 23.0 Å². The number of rotatable bonds is 5. The van der Waals surface area contributed by atoms with E-state index in [4.69, 9.17) is 4.74 Å². The minimum absolute atomic E-state index is 0.323. The van der Waals surface area contributed by atoms with Crippen LogP contribution in [0.25, 0.3) is 10.8 Å². The van der Waals surface area contributed by atoms with Crippen LogP contribution in [0.1, 0.15) is 21.5 Å². The third-order valence-corrected chi connectivity index (χ3v) is 5.32. The van der Waals surface area contributed by atoms with Crippen LogP contribution < -0.4 is 0 Å². The second-order valence-electron chi connectivity index (χ2n) is 7.23. The summed E-state index contributed by atoms with van der Waals surface area (Å²) in [5.41, 5.74) is 2.90. The van der Waals surface area contributed by atoms with Gasteiger partial charge in [0.1, 0.15) is 0 Å². The Balaban J connectivity index is 1.32. The molecule has 0 aliphatic carbocycles. The van der Waals surface area contributed by atoms with Gasteiger partial charge in [0.15, 0.2) is 0 Å². The Bertz CT molecular complexity index is 1000. The van der Waals surface area contributed by atoms with Gasteiger partial charge in [-0.05, 0) is 34.0 Å². The molecule has 0 N–H and O–H groups in total. The van der Waals surface area contributed by atoms with Gasteiger partial charge in [0.25, 0.3) is 0 Å². The van der Waals surface area contributed by atoms with Crippen LogP contribution >= 0.6 is 0 Å². The Kier molecular flexibility index (Phi) is 5.86. The summed E-state index contributed by atoms with van der Waals surface area (Å²) >= 11 is 0. The van der Waals surface area contributed by atoms with Gasteiger partial charge in [-0.2, -0.15) is 5.10 Å². The first kappa shape index (κ1) is 19.2. The summed E-state index contributed by atoms with van der Waals surface area (Å²) in [6.45, 7) is 4.75. The highest BCUT2D eigenvalue weighted by Gasteiger charge is 2.16. The molecule has 0 amide bonds. The number of hydrogen-bond donors (Lipinski definition) is 0. The molecule has 0 unspecified atom stereocenters. The van der Waals surface area contributed by atoms with E-state index in [-0.39, 0.29) is 5.97 Å². The van der Waals surface area contributed by atoms with Gasteiger partial charge in [0.2, 0.25) is 0 Å². The predicted octanol–water partition coefficient (Wildman–Crippen LogP) is 3.78. The molecule has 0 radical (unpaired) electrons. The lowest BCUT2D eigenvalue weighted by molar-refractivity contribution is 0.0600. The van der Waals surface area contributed by atoms with Gasteiger partial charge in [-0.25, -0.2) is 4.79 Å². The van der Waals surface area contributed by atoms with Crippen molar-refractivity contribution in [2.75, 3.05) is 33.3 Å². The van der Waals surface area contributed by atoms with Gasteiger partial charge >= 0.3 is 5.97 Å². The molecule has 0 bridgehead atoms. The number of carbonyl (C=O) groups is 1. The smallest absolute Gasteiger partial charge is 0.337 e. The van der Waals surface area contributed by atoms with Gasteiger partial charge in [0, 0.05) is 32.7 Å². The summed E-state index contributed by atoms with van der Waals surface area (Å²) < 4.78 is 4.72. The van der Waals surface area contributed by atoms with Crippen LogP contribution in [0.4, 0.5) is 0 Å². The number of methoxy groups -OCH3 is 1. The number of piperazine rings is 1. The first-order valence-electron chi connectivity index (χ1n) is 9.89. The summed E-state index contributed by atoms with van der Waals surface area (Å²) in [7, 11) is 1.39. The molecule has 4 rings (SSSR count). The van der Waals surface area contributed by atoms with E-state index in [1.54, 1.807) is 12.1 Å². The maximum atomic E-state index is 11.5. The number of carbonyl (C=O) groups excluding carboxylic acids is 1. The zero-order valence-electron chi connectivity index (χ0n) is 16.6. The molecule has 0 saturated carbocycles. The van der Waals surface area contributed by atoms with Crippen LogP contribution in [-0.4, -0.2) is 55.4 Å². The molecule has 1 saturated heterocycles. The highest BCUT2D eigenvalue weighted by molar-refractivity contribution is 5.90. The number of benzene rings is 3. The van der Waals surface area contributed by atoms with Gasteiger partial charge in [-0.3, -0.25) is 9.91 Å². The van der Waals surface area contributed by atoms with E-state index in [0.29, 0.717) is 5.56 Å². The Morgan fingerprint density at radius 1 is 0.966 bits per heavy atom. The van der Waals surface area contributed by atoms with Crippen molar-refractivity contribution in [3.8, 4) is 0 Å². The van der Waals surface area contributed by atoms with Gasteiger partial charge < -0.3 is 4.74 Å². The Labute approximate surface area is 171 Å². The molecule has 3 aromatic carbocycles. The Hall–Kier alpha value is -3.18. The van der Waals surface area contributed by atoms with E-state index < -0.39 is 0 Å². The minimum Gasteiger partial charge on any atom is -0.465 e. The van der Waals surface area contributed by atoms with E-state index in [2.05, 4.69) is 57.5 Å². The summed E-state index contributed by atoms with van der Waals surface area (Å²) in [6.07, 6.45) is 1.85. The van der Waals surface area contributed by atoms with Crippen molar-refractivity contribution in [3.63, 3.8) is 0 Å². The van der Waals surface area contributed by atoms with Gasteiger partial charge in [-0.15, -0.1) is 0 Å². The normalized spacial score (nSPS) is 15.1. The van der Waals surface area contributed by atoms with Crippen LogP contribution in [0, 0.1) is 0 Å². The molecule has 5 heteroatoms. The molecule has 1 aliphatic heterocycles. The fourth-order valence-corrected chi connectivity index (χ4v) is 3.65. The lowest BCUT2D eigenvalue weighted by atomic mass is 10.0. The van der Waals surface area contributed by atoms with Crippen LogP contribution in [0.5, 0.6) is 0 Å². The van der Waals surface area contributed by atoms with Crippen molar-refractivity contribution < 1.29 is 9.53 Å². The average Bonchev–Trinajstić information content (AvgIpc) is 2.79. The molecule has 148 valence electrons. The summed E-state index contributed by atoms with van der Waals surface area (Å²) in [6, 6.07) is 22.4. The molecular formula is C24H25N3O2. The molecule has 0 aromatic heterocycles. The molecule has 5 nitrogen and oxygen atoms in total. The minimum atomic E-state index is -0.323. The molecule has 0 spiro atoms. The standard InChI is InChI=1S/C24H25N3O2/c1-29-24(28)21-11-9-19(10-12-21)17-25-27-15-13-26(14-16-27)18-22-7-4-6-20-5-2-3-8-23(20)22/h2-12,17H,13-16,18H2,1H3. The monoisotopic (exact) mass is 387 g/mol. The number of hydrazone groups is 1. The number of esters is 1. The third kappa shape index (κ3) is 4.63. The quantitative estimate of drug-likeness (QED) is 0.494. The first-order valence-corrected chi connectivity index (χ1v) is 9.89. The third-order valence-electron chi connectivity index (χ3n) is 5.32. The van der Waals surface area contributed by atoms with Crippen molar-refractivity contribution in [1.29, 1.82) is 0 Å². The van der Waals surface area contributed by atoms with Gasteiger partial charge in [0.05, 0.1) is 18.9 Å². The van der Waals surface area contributed by atoms with Crippen molar-refractivity contribution in [2.24, 2.45) is 5.10 Å². The van der Waals surface area contributed by atoms with E-state index in [0.717, 1.165) is 38.3 Å². The molecule has 0 atom stereocenters. The molecular weight excluding hydrogens is 362 g/mol. The average molecular weight is 387 g/mol. The van der Waals surface area contributed by atoms with E-state index in [1.165, 1.54) is 23.4 Å². The van der Waals surface area contributed by atoms with Crippen LogP contribution in [0.3, 0.4) is 0 Å². The van der Waals surface area contributed by atoms with E-state index in [9.17, 15) is 4.79 Å². The second kappa shape index (κ2) is 8.88. The maximum Gasteiger partial charge on any atom is 0.337 e. The highest BCUT2D eigenvalue weighted by atomic mass is 16.5. The van der Waals surface area contributed by atoms with Crippen LogP contribution in [0.2, 0.25) is 0 Å². The lowest BCUT2D eigenvalue weighted by Crippen LogP contribution is -2.43. The first-order chi connectivity index (χ1) is 14.2. The number of hydrogen-bond acceptors (Lipinski definition) is 5. The molecule has 1 fully saturated rings. The number of fused-ring (bicyclic) bond motifs is 1. The number of nitrogens with zero attached hydrogens (tertiary/aromatic N) is 3. The summed E-state index contributed by atoms with van der Waals surface area (Å²) in [5.74, 6) is -0.323. The zero-order chi connectivity index (χ0) is 20.1. The summed E-state index contributed by atoms with van der Waals surface area (Å²) in [4.78, 5) is 14.0. The van der Waals surface area contributed by atoms with E-state index >= 15 is 0 Å². The predicted molar refractivity (Wildman–Crippen MR) is 116 cm³/mol. The topological polar surface area (TPSA) is 45.1 Å². The molecule has 1 heterocycles. The second-order valence-corrected chi connectivity index (χ2v) is 7.23. The van der Waals surface area contributed by atoms with Crippen molar-refractivity contribution in [3.05, 3.63) is 83.4 Å². The number of ether oxygens (including phenoxy) is 1. The zero-order valence-corrected chi connectivity index (χ0v) is 16.6. The Morgan fingerprint density at radius 3 is 2.45 bits per heavy atom. The molecule has 3 aromatic rings. The van der Waals surface area contributed by atoms with E-state index in [1.807, 2.05) is 18.3 Å². The summed E-state index contributed by atoms with van der Waals surface area (Å²) in [5, 5.41) is 9.35. The van der Waals surface area contributed by atoms with Crippen LogP contribution in [-0.2, 0) is 11.3 Å². The van der Waals surface area contributed by atoms with Crippen molar-refractivity contribution in [1.82, 2.24) is 9.91 Å². The fourth-order valence-electron chi connectivity index (χ4n) is 3.65. The highest BCUT2D eigenvalue weighted by Crippen LogP contribution is 2.20. The fraction of sp³-hybridized carbons (Fsp3) is 0.250. The maximum absolute atomic E-state index is 11.5. The lowest BCUT2D eigenvalue weighted by Gasteiger charge is -2.33. The molecule has 1 aliphatic rings. The molecule has 29 heavy (non-hydrogen) atoms. The SMILES string of the molecule is COC(=O)c1ccc(C=NN2CCN(Cc3cccc4ccccc34)CC2)cc1. The van der Waals surface area contributed by atoms with Crippen LogP contribution in [0.15, 0.2) is 71.8 Å². The van der Waals surface area contributed by atoms with Gasteiger partial charge in [-0.1, -0.05) is 54.6 Å². The van der Waals surface area contributed by atoms with Crippen molar-refractivity contribution in [2.45, 2.75) is 6.54 Å².